The van der Waals surface area contributed by atoms with Gasteiger partial charge in [-0.05, 0) is 12.3 Å². The van der Waals surface area contributed by atoms with Crippen LogP contribution in [0.2, 0.25) is 0 Å². The van der Waals surface area contributed by atoms with E-state index < -0.39 is 0 Å². The number of esters is 1. The van der Waals surface area contributed by atoms with Gasteiger partial charge in [-0.3, -0.25) is 0 Å². The maximum Gasteiger partial charge on any atom is 0.330 e. The molecular formula is C14H26O3. The van der Waals surface area contributed by atoms with Crippen molar-refractivity contribution in [3.63, 3.8) is 0 Å². The second-order valence-electron chi connectivity index (χ2n) is 4.22. The summed E-state index contributed by atoms with van der Waals surface area (Å²) in [4.78, 5) is 10.7. The molecule has 0 aromatic carbocycles. The lowest BCUT2D eigenvalue weighted by molar-refractivity contribution is -0.138. The second kappa shape index (κ2) is 11.6. The highest BCUT2D eigenvalue weighted by atomic mass is 16.5. The molecule has 0 radical (unpaired) electrons. The van der Waals surface area contributed by atoms with Crippen molar-refractivity contribution in [2.24, 2.45) is 5.92 Å². The fourth-order valence-electron chi connectivity index (χ4n) is 1.54. The predicted molar refractivity (Wildman–Crippen MR) is 69.9 cm³/mol. The number of ether oxygens (including phenoxy) is 2. The first-order valence-corrected chi connectivity index (χ1v) is 6.61. The number of unbranched alkanes of at least 4 members (excludes halogenated alkanes) is 1. The SMILES string of the molecule is C=CC(=O)OCCCOCC(CC)CCCC. The lowest BCUT2D eigenvalue weighted by atomic mass is 10.0. The van der Waals surface area contributed by atoms with Gasteiger partial charge in [0.05, 0.1) is 6.61 Å². The third-order valence-corrected chi connectivity index (χ3v) is 2.74. The molecule has 0 aliphatic carbocycles. The maximum atomic E-state index is 10.7. The molecule has 0 heterocycles. The Bertz CT molecular complexity index is 202. The predicted octanol–water partition coefficient (Wildman–Crippen LogP) is 3.34. The van der Waals surface area contributed by atoms with Gasteiger partial charge in [0.1, 0.15) is 0 Å². The summed E-state index contributed by atoms with van der Waals surface area (Å²) in [7, 11) is 0. The fourth-order valence-corrected chi connectivity index (χ4v) is 1.54. The average molecular weight is 242 g/mol. The topological polar surface area (TPSA) is 35.5 Å². The first-order valence-electron chi connectivity index (χ1n) is 6.61. The third-order valence-electron chi connectivity index (χ3n) is 2.74. The van der Waals surface area contributed by atoms with Crippen LogP contribution < -0.4 is 0 Å². The molecular weight excluding hydrogens is 216 g/mol. The minimum Gasteiger partial charge on any atom is -0.462 e. The molecule has 0 rings (SSSR count). The molecule has 1 atom stereocenters. The Balaban J connectivity index is 3.36. The van der Waals surface area contributed by atoms with Gasteiger partial charge >= 0.3 is 5.97 Å². The maximum absolute atomic E-state index is 10.7. The molecule has 0 saturated heterocycles. The number of hydrogen-bond donors (Lipinski definition) is 0. The van der Waals surface area contributed by atoms with E-state index in [4.69, 9.17) is 9.47 Å². The Hall–Kier alpha value is -0.830. The van der Waals surface area contributed by atoms with Crippen LogP contribution in [0, 0.1) is 5.92 Å². The molecule has 0 aromatic rings. The van der Waals surface area contributed by atoms with E-state index in [1.54, 1.807) is 0 Å². The van der Waals surface area contributed by atoms with E-state index in [1.807, 2.05) is 0 Å². The van der Waals surface area contributed by atoms with E-state index in [0.29, 0.717) is 19.1 Å². The van der Waals surface area contributed by atoms with Gasteiger partial charge in [0, 0.05) is 25.7 Å². The van der Waals surface area contributed by atoms with Crippen molar-refractivity contribution in [1.82, 2.24) is 0 Å². The Kier molecular flexibility index (Phi) is 11.1. The number of carbonyl (C=O) groups is 1. The monoisotopic (exact) mass is 242 g/mol. The number of hydrogen-bond acceptors (Lipinski definition) is 3. The highest BCUT2D eigenvalue weighted by molar-refractivity contribution is 5.81. The lowest BCUT2D eigenvalue weighted by Crippen LogP contribution is -2.11. The standard InChI is InChI=1S/C14H26O3/c1-4-7-9-13(5-2)12-16-10-8-11-17-14(15)6-3/h6,13H,3-5,7-12H2,1-2H3. The van der Waals surface area contributed by atoms with Crippen molar-refractivity contribution < 1.29 is 14.3 Å². The van der Waals surface area contributed by atoms with E-state index in [9.17, 15) is 4.79 Å². The summed E-state index contributed by atoms with van der Waals surface area (Å²) in [5.41, 5.74) is 0. The van der Waals surface area contributed by atoms with Crippen molar-refractivity contribution in [3.8, 4) is 0 Å². The summed E-state index contributed by atoms with van der Waals surface area (Å²) in [5.74, 6) is 0.310. The molecule has 0 aliphatic rings. The van der Waals surface area contributed by atoms with Gasteiger partial charge in [0.2, 0.25) is 0 Å². The van der Waals surface area contributed by atoms with Crippen molar-refractivity contribution in [2.75, 3.05) is 19.8 Å². The van der Waals surface area contributed by atoms with E-state index in [0.717, 1.165) is 13.0 Å². The highest BCUT2D eigenvalue weighted by Crippen LogP contribution is 2.12. The third kappa shape index (κ3) is 10.1. The Labute approximate surface area is 105 Å². The van der Waals surface area contributed by atoms with Crippen LogP contribution in [0.15, 0.2) is 12.7 Å². The molecule has 1 unspecified atom stereocenters. The molecule has 0 saturated carbocycles. The molecule has 100 valence electrons. The van der Waals surface area contributed by atoms with Gasteiger partial charge in [0.15, 0.2) is 0 Å². The first kappa shape index (κ1) is 16.2. The Morgan fingerprint density at radius 1 is 1.29 bits per heavy atom. The molecule has 0 N–H and O–H groups in total. The summed E-state index contributed by atoms with van der Waals surface area (Å²) >= 11 is 0. The molecule has 0 aromatic heterocycles. The molecule has 0 aliphatic heterocycles. The minimum absolute atomic E-state index is 0.362. The van der Waals surface area contributed by atoms with E-state index in [1.165, 1.54) is 31.8 Å². The molecule has 0 spiro atoms. The van der Waals surface area contributed by atoms with Gasteiger partial charge < -0.3 is 9.47 Å². The molecule has 0 fully saturated rings. The summed E-state index contributed by atoms with van der Waals surface area (Å²) in [6.07, 6.45) is 6.87. The molecule has 0 amide bonds. The van der Waals surface area contributed by atoms with Crippen LogP contribution in [-0.2, 0) is 14.3 Å². The smallest absolute Gasteiger partial charge is 0.330 e. The lowest BCUT2D eigenvalue weighted by Gasteiger charge is -2.14. The van der Waals surface area contributed by atoms with Gasteiger partial charge in [0.25, 0.3) is 0 Å². The van der Waals surface area contributed by atoms with E-state index in [-0.39, 0.29) is 5.97 Å². The Morgan fingerprint density at radius 2 is 2.06 bits per heavy atom. The molecule has 17 heavy (non-hydrogen) atoms. The van der Waals surface area contributed by atoms with Gasteiger partial charge in [-0.15, -0.1) is 0 Å². The van der Waals surface area contributed by atoms with Crippen molar-refractivity contribution in [1.29, 1.82) is 0 Å². The zero-order chi connectivity index (χ0) is 12.9. The van der Waals surface area contributed by atoms with Crippen molar-refractivity contribution in [3.05, 3.63) is 12.7 Å². The van der Waals surface area contributed by atoms with Gasteiger partial charge in [-0.25, -0.2) is 4.79 Å². The summed E-state index contributed by atoms with van der Waals surface area (Å²) in [6.45, 7) is 9.64. The molecule has 0 bridgehead atoms. The van der Waals surface area contributed by atoms with E-state index in [2.05, 4.69) is 20.4 Å². The van der Waals surface area contributed by atoms with Crippen LogP contribution in [-0.4, -0.2) is 25.8 Å². The second-order valence-corrected chi connectivity index (χ2v) is 4.22. The summed E-state index contributed by atoms with van der Waals surface area (Å²) in [5, 5.41) is 0. The van der Waals surface area contributed by atoms with Crippen molar-refractivity contribution in [2.45, 2.75) is 46.0 Å². The molecule has 3 heteroatoms. The van der Waals surface area contributed by atoms with Gasteiger partial charge in [-0.2, -0.15) is 0 Å². The fraction of sp³-hybridized carbons (Fsp3) is 0.786. The van der Waals surface area contributed by atoms with Crippen LogP contribution in [0.4, 0.5) is 0 Å². The van der Waals surface area contributed by atoms with Crippen LogP contribution in [0.5, 0.6) is 0 Å². The van der Waals surface area contributed by atoms with E-state index >= 15 is 0 Å². The largest absolute Gasteiger partial charge is 0.462 e. The first-order chi connectivity index (χ1) is 8.24. The average Bonchev–Trinajstić information content (AvgIpc) is 2.36. The summed E-state index contributed by atoms with van der Waals surface area (Å²) in [6, 6.07) is 0. The zero-order valence-corrected chi connectivity index (χ0v) is 11.2. The minimum atomic E-state index is -0.362. The molecule has 3 nitrogen and oxygen atoms in total. The summed E-state index contributed by atoms with van der Waals surface area (Å²) < 4.78 is 10.4. The van der Waals surface area contributed by atoms with Crippen LogP contribution in [0.1, 0.15) is 46.0 Å². The normalized spacial score (nSPS) is 12.1. The quantitative estimate of drug-likeness (QED) is 0.317. The van der Waals surface area contributed by atoms with Crippen LogP contribution in [0.25, 0.3) is 0 Å². The highest BCUT2D eigenvalue weighted by Gasteiger charge is 2.05. The number of rotatable bonds is 11. The van der Waals surface area contributed by atoms with Crippen LogP contribution in [0.3, 0.4) is 0 Å². The van der Waals surface area contributed by atoms with Crippen LogP contribution >= 0.6 is 0 Å². The zero-order valence-electron chi connectivity index (χ0n) is 11.2. The van der Waals surface area contributed by atoms with Crippen molar-refractivity contribution >= 4 is 5.97 Å². The number of carbonyl (C=O) groups excluding carboxylic acids is 1. The Morgan fingerprint density at radius 3 is 2.65 bits per heavy atom. The van der Waals surface area contributed by atoms with Gasteiger partial charge in [-0.1, -0.05) is 39.7 Å².